The lowest BCUT2D eigenvalue weighted by molar-refractivity contribution is 0.0493. The van der Waals surface area contributed by atoms with Crippen LogP contribution in [0.2, 0.25) is 0 Å². The lowest BCUT2D eigenvalue weighted by Crippen LogP contribution is -2.60. The van der Waals surface area contributed by atoms with Gasteiger partial charge in [0.05, 0.1) is 23.4 Å². The zero-order valence-electron chi connectivity index (χ0n) is 15.0. The Morgan fingerprint density at radius 1 is 1.31 bits per heavy atom. The van der Waals surface area contributed by atoms with Crippen molar-refractivity contribution in [3.8, 4) is 6.07 Å². The Kier molecular flexibility index (Phi) is 4.38. The van der Waals surface area contributed by atoms with Crippen LogP contribution in [0, 0.1) is 23.0 Å². The number of halogens is 3. The van der Waals surface area contributed by atoms with Crippen LogP contribution in [0.3, 0.4) is 0 Å². The molecule has 0 aliphatic carbocycles. The van der Waals surface area contributed by atoms with Crippen molar-refractivity contribution in [1.29, 1.82) is 5.26 Å². The highest BCUT2D eigenvalue weighted by atomic mass is 19.1. The van der Waals surface area contributed by atoms with Crippen LogP contribution in [0.4, 0.5) is 18.9 Å². The molecule has 0 unspecified atom stereocenters. The Hall–Kier alpha value is -3.61. The summed E-state index contributed by atoms with van der Waals surface area (Å²) in [6.45, 7) is -0.218. The van der Waals surface area contributed by atoms with Gasteiger partial charge in [0, 0.05) is 19.2 Å². The molecule has 2 aromatic rings. The number of carbonyl (C=O) groups excluding carboxylic acids is 1. The number of pyridine rings is 1. The number of hydrogen-bond acceptors (Lipinski definition) is 6. The van der Waals surface area contributed by atoms with Crippen molar-refractivity contribution < 1.29 is 18.0 Å². The zero-order chi connectivity index (χ0) is 20.8. The van der Waals surface area contributed by atoms with Gasteiger partial charge < -0.3 is 16.0 Å². The summed E-state index contributed by atoms with van der Waals surface area (Å²) >= 11 is 0. The second-order valence-electron chi connectivity index (χ2n) is 6.84. The summed E-state index contributed by atoms with van der Waals surface area (Å²) in [6.07, 6.45) is -0.470. The van der Waals surface area contributed by atoms with E-state index < -0.39 is 29.4 Å². The van der Waals surface area contributed by atoms with Gasteiger partial charge in [0.15, 0.2) is 11.8 Å². The standard InChI is InChI=1S/C19H15F3N6O/c20-12-3-4-13(21)16-15(12)17(24)27-19(26-16)5-6-28(9-14(19)22)18(29)10-1-2-11(7-23)25-8-10/h1-4,8,14,26H,5-6,9H2,(H2,24,27)/t14-,19+/m1/s1. The van der Waals surface area contributed by atoms with Crippen LogP contribution in [0.1, 0.15) is 28.0 Å². The number of hydrogen-bond donors (Lipinski definition) is 2. The van der Waals surface area contributed by atoms with Gasteiger partial charge in [0.1, 0.15) is 29.2 Å². The topological polar surface area (TPSA) is 107 Å². The number of benzene rings is 1. The highest BCUT2D eigenvalue weighted by Crippen LogP contribution is 2.38. The monoisotopic (exact) mass is 400 g/mol. The van der Waals surface area contributed by atoms with Gasteiger partial charge in [-0.25, -0.2) is 23.1 Å². The van der Waals surface area contributed by atoms with E-state index in [1.165, 1.54) is 23.2 Å². The SMILES string of the molecule is N#Cc1ccc(C(=O)N2CC[C@]3(N=C(N)c4c(F)ccc(F)c4N3)[C@H](F)C2)cn1. The Bertz CT molecular complexity index is 1060. The minimum atomic E-state index is -1.72. The smallest absolute Gasteiger partial charge is 0.255 e. The third-order valence-corrected chi connectivity index (χ3v) is 5.10. The van der Waals surface area contributed by atoms with Crippen LogP contribution in [0.25, 0.3) is 0 Å². The number of fused-ring (bicyclic) bond motifs is 1. The van der Waals surface area contributed by atoms with Crippen molar-refractivity contribution in [2.24, 2.45) is 10.7 Å². The van der Waals surface area contributed by atoms with Crippen LogP contribution < -0.4 is 11.1 Å². The number of piperidine rings is 1. The molecule has 29 heavy (non-hydrogen) atoms. The first kappa shape index (κ1) is 18.7. The van der Waals surface area contributed by atoms with Crippen LogP contribution in [0.15, 0.2) is 35.5 Å². The van der Waals surface area contributed by atoms with Gasteiger partial charge >= 0.3 is 0 Å². The number of alkyl halides is 1. The van der Waals surface area contributed by atoms with E-state index in [1.54, 1.807) is 0 Å². The minimum absolute atomic E-state index is 0.000290. The molecule has 3 N–H and O–H groups in total. The van der Waals surface area contributed by atoms with Gasteiger partial charge in [-0.15, -0.1) is 0 Å². The molecule has 1 saturated heterocycles. The predicted octanol–water partition coefficient (Wildman–Crippen LogP) is 1.94. The molecule has 2 aliphatic heterocycles. The predicted molar refractivity (Wildman–Crippen MR) is 97.8 cm³/mol. The fraction of sp³-hybridized carbons (Fsp3) is 0.263. The van der Waals surface area contributed by atoms with E-state index in [4.69, 9.17) is 11.0 Å². The van der Waals surface area contributed by atoms with Gasteiger partial charge in [0.25, 0.3) is 5.91 Å². The number of nitriles is 1. The van der Waals surface area contributed by atoms with Crippen molar-refractivity contribution in [3.05, 3.63) is 58.9 Å². The summed E-state index contributed by atoms with van der Waals surface area (Å²) in [6, 6.07) is 6.54. The number of aromatic nitrogens is 1. The van der Waals surface area contributed by atoms with E-state index in [1.807, 2.05) is 6.07 Å². The number of nitrogens with zero attached hydrogens (tertiary/aromatic N) is 4. The lowest BCUT2D eigenvalue weighted by Gasteiger charge is -2.44. The summed E-state index contributed by atoms with van der Waals surface area (Å²) in [7, 11) is 0. The van der Waals surface area contributed by atoms with E-state index in [0.29, 0.717) is 0 Å². The summed E-state index contributed by atoms with van der Waals surface area (Å²) in [5.41, 5.74) is 4.13. The van der Waals surface area contributed by atoms with Crippen molar-refractivity contribution in [1.82, 2.24) is 9.88 Å². The Labute approximate surface area is 163 Å². The van der Waals surface area contributed by atoms with E-state index >= 15 is 4.39 Å². The maximum Gasteiger partial charge on any atom is 0.255 e. The Morgan fingerprint density at radius 3 is 2.72 bits per heavy atom. The van der Waals surface area contributed by atoms with E-state index in [0.717, 1.165) is 12.1 Å². The number of aliphatic imine (C=N–C) groups is 1. The van der Waals surface area contributed by atoms with Gasteiger partial charge in [-0.2, -0.15) is 5.26 Å². The Morgan fingerprint density at radius 2 is 2.07 bits per heavy atom. The molecule has 1 fully saturated rings. The van der Waals surface area contributed by atoms with E-state index in [2.05, 4.69) is 15.3 Å². The molecule has 4 rings (SSSR count). The first-order valence-corrected chi connectivity index (χ1v) is 8.76. The quantitative estimate of drug-likeness (QED) is 0.761. The fourth-order valence-corrected chi connectivity index (χ4v) is 3.56. The van der Waals surface area contributed by atoms with Crippen LogP contribution in [0.5, 0.6) is 0 Å². The van der Waals surface area contributed by atoms with Crippen molar-refractivity contribution in [2.75, 3.05) is 18.4 Å². The second-order valence-corrected chi connectivity index (χ2v) is 6.84. The molecular formula is C19H15F3N6O. The second kappa shape index (κ2) is 6.77. The largest absolute Gasteiger partial charge is 0.383 e. The first-order chi connectivity index (χ1) is 13.8. The Balaban J connectivity index is 1.58. The number of anilines is 1. The number of rotatable bonds is 1. The molecule has 1 aromatic heterocycles. The third kappa shape index (κ3) is 3.04. The molecule has 1 aromatic carbocycles. The average Bonchev–Trinajstić information content (AvgIpc) is 2.72. The number of carbonyl (C=O) groups is 1. The molecular weight excluding hydrogens is 385 g/mol. The normalized spacial score (nSPS) is 23.0. The molecule has 1 spiro atoms. The number of likely N-dealkylation sites (tertiary alicyclic amines) is 1. The molecule has 3 heterocycles. The molecule has 2 atom stereocenters. The van der Waals surface area contributed by atoms with Crippen molar-refractivity contribution in [3.63, 3.8) is 0 Å². The summed E-state index contributed by atoms with van der Waals surface area (Å²) in [5, 5.41) is 11.5. The summed E-state index contributed by atoms with van der Waals surface area (Å²) < 4.78 is 43.4. The number of amides is 1. The number of nitrogens with two attached hydrogens (primary N) is 1. The summed E-state index contributed by atoms with van der Waals surface area (Å²) in [5.74, 6) is -2.28. The van der Waals surface area contributed by atoms with Gasteiger partial charge in [0.2, 0.25) is 0 Å². The fourth-order valence-electron chi connectivity index (χ4n) is 3.56. The van der Waals surface area contributed by atoms with Crippen molar-refractivity contribution >= 4 is 17.4 Å². The molecule has 10 heteroatoms. The van der Waals surface area contributed by atoms with Gasteiger partial charge in [-0.05, 0) is 24.3 Å². The van der Waals surface area contributed by atoms with Crippen molar-refractivity contribution in [2.45, 2.75) is 18.3 Å². The zero-order valence-corrected chi connectivity index (χ0v) is 15.0. The highest BCUT2D eigenvalue weighted by molar-refractivity contribution is 6.04. The van der Waals surface area contributed by atoms with E-state index in [-0.39, 0.29) is 47.9 Å². The maximum absolute atomic E-state index is 15.2. The van der Waals surface area contributed by atoms with Crippen LogP contribution in [-0.2, 0) is 0 Å². The third-order valence-electron chi connectivity index (χ3n) is 5.10. The lowest BCUT2D eigenvalue weighted by atomic mass is 9.91. The molecule has 7 nitrogen and oxygen atoms in total. The molecule has 0 saturated carbocycles. The molecule has 0 bridgehead atoms. The number of amidine groups is 1. The molecule has 148 valence electrons. The highest BCUT2D eigenvalue weighted by Gasteiger charge is 2.48. The van der Waals surface area contributed by atoms with Gasteiger partial charge in [-0.1, -0.05) is 0 Å². The molecule has 2 aliphatic rings. The van der Waals surface area contributed by atoms with Gasteiger partial charge in [-0.3, -0.25) is 4.79 Å². The minimum Gasteiger partial charge on any atom is -0.383 e. The van der Waals surface area contributed by atoms with Crippen LogP contribution >= 0.6 is 0 Å². The molecule has 1 amide bonds. The number of nitrogens with one attached hydrogen (secondary N) is 1. The average molecular weight is 400 g/mol. The van der Waals surface area contributed by atoms with E-state index in [9.17, 15) is 13.6 Å². The molecule has 0 radical (unpaired) electrons. The van der Waals surface area contributed by atoms with Crippen LogP contribution in [-0.4, -0.2) is 46.6 Å². The first-order valence-electron chi connectivity index (χ1n) is 8.76. The summed E-state index contributed by atoms with van der Waals surface area (Å²) in [4.78, 5) is 21.8. The maximum atomic E-state index is 15.2.